The molecule has 2 N–H and O–H groups in total. The van der Waals surface area contributed by atoms with Crippen LogP contribution in [0.3, 0.4) is 0 Å². The first-order valence-corrected chi connectivity index (χ1v) is 11.1. The molecule has 0 bridgehead atoms. The van der Waals surface area contributed by atoms with Crippen molar-refractivity contribution in [1.29, 1.82) is 0 Å². The summed E-state index contributed by atoms with van der Waals surface area (Å²) in [7, 11) is 0. The Morgan fingerprint density at radius 2 is 1.64 bits per heavy atom. The number of nitrogens with zero attached hydrogens (tertiary/aromatic N) is 1. The predicted molar refractivity (Wildman–Crippen MR) is 125 cm³/mol. The van der Waals surface area contributed by atoms with E-state index in [1.165, 1.54) is 0 Å². The van der Waals surface area contributed by atoms with E-state index < -0.39 is 29.9 Å². The minimum absolute atomic E-state index is 0.117. The second-order valence-electron chi connectivity index (χ2n) is 7.64. The van der Waals surface area contributed by atoms with Gasteiger partial charge in [0.2, 0.25) is 5.91 Å². The molecule has 170 valence electrons. The summed E-state index contributed by atoms with van der Waals surface area (Å²) in [5.41, 5.74) is 0.242. The molecule has 0 radical (unpaired) electrons. The third kappa shape index (κ3) is 4.60. The lowest BCUT2D eigenvalue weighted by atomic mass is 9.87. The summed E-state index contributed by atoms with van der Waals surface area (Å²) in [6.45, 7) is 1.52. The van der Waals surface area contributed by atoms with E-state index in [2.05, 4.69) is 10.6 Å². The number of carbonyl (C=O) groups is 3. The fourth-order valence-electron chi connectivity index (χ4n) is 3.77. The summed E-state index contributed by atoms with van der Waals surface area (Å²) in [5.74, 6) is 0.219. The van der Waals surface area contributed by atoms with Crippen LogP contribution < -0.4 is 10.6 Å². The highest BCUT2D eigenvalue weighted by Crippen LogP contribution is 2.33. The van der Waals surface area contributed by atoms with E-state index in [1.54, 1.807) is 55.5 Å². The van der Waals surface area contributed by atoms with Gasteiger partial charge in [0.15, 0.2) is 0 Å². The minimum Gasteiger partial charge on any atom is -0.459 e. The highest BCUT2D eigenvalue weighted by Gasteiger charge is 2.51. The smallest absolute Gasteiger partial charge is 0.325 e. The number of imide groups is 1. The lowest BCUT2D eigenvalue weighted by Gasteiger charge is -2.25. The Morgan fingerprint density at radius 3 is 2.27 bits per heavy atom. The van der Waals surface area contributed by atoms with Crippen molar-refractivity contribution >= 4 is 41.0 Å². The fraction of sp³-hybridized carbons (Fsp3) is 0.208. The van der Waals surface area contributed by atoms with Gasteiger partial charge in [-0.05, 0) is 60.5 Å². The maximum absolute atomic E-state index is 13.1. The molecule has 2 aromatic carbocycles. The third-order valence-corrected chi connectivity index (χ3v) is 6.10. The quantitative estimate of drug-likeness (QED) is 0.473. The molecule has 0 aliphatic carbocycles. The number of hydrogen-bond donors (Lipinski definition) is 2. The summed E-state index contributed by atoms with van der Waals surface area (Å²) in [6, 6.07) is 16.8. The van der Waals surface area contributed by atoms with E-state index in [4.69, 9.17) is 27.6 Å². The number of amides is 4. The van der Waals surface area contributed by atoms with Crippen LogP contribution in [0.4, 0.5) is 4.79 Å². The molecule has 33 heavy (non-hydrogen) atoms. The van der Waals surface area contributed by atoms with Crippen molar-refractivity contribution in [3.05, 3.63) is 82.0 Å². The van der Waals surface area contributed by atoms with Crippen LogP contribution in [-0.4, -0.2) is 29.3 Å². The van der Waals surface area contributed by atoms with Crippen molar-refractivity contribution in [3.63, 3.8) is 0 Å². The monoisotopic (exact) mass is 485 g/mol. The number of rotatable bonds is 7. The number of benzene rings is 2. The molecule has 1 aliphatic rings. The van der Waals surface area contributed by atoms with Gasteiger partial charge in [-0.3, -0.25) is 14.5 Å². The topological polar surface area (TPSA) is 91.7 Å². The van der Waals surface area contributed by atoms with Crippen LogP contribution >= 0.6 is 23.2 Å². The minimum atomic E-state index is -1.23. The molecule has 4 amide bonds. The Balaban J connectivity index is 1.39. The Hall–Kier alpha value is -3.29. The summed E-state index contributed by atoms with van der Waals surface area (Å²) in [5, 5.41) is 6.58. The van der Waals surface area contributed by atoms with Gasteiger partial charge in [-0.2, -0.15) is 0 Å². The van der Waals surface area contributed by atoms with Crippen LogP contribution in [0.1, 0.15) is 24.7 Å². The van der Waals surface area contributed by atoms with Gasteiger partial charge in [-0.1, -0.05) is 42.3 Å². The molecule has 1 saturated heterocycles. The zero-order chi connectivity index (χ0) is 23.6. The highest BCUT2D eigenvalue weighted by atomic mass is 35.5. The first-order chi connectivity index (χ1) is 15.8. The number of carbonyl (C=O) groups excluding carboxylic acids is 3. The van der Waals surface area contributed by atoms with Crippen LogP contribution in [0.15, 0.2) is 65.1 Å². The number of furan rings is 1. The normalized spacial score (nSPS) is 17.8. The van der Waals surface area contributed by atoms with Crippen molar-refractivity contribution in [3.8, 4) is 11.3 Å². The van der Waals surface area contributed by atoms with Gasteiger partial charge in [0.1, 0.15) is 23.6 Å². The van der Waals surface area contributed by atoms with E-state index in [0.717, 1.165) is 10.5 Å². The van der Waals surface area contributed by atoms with Crippen molar-refractivity contribution in [2.75, 3.05) is 6.54 Å². The average molecular weight is 486 g/mol. The average Bonchev–Trinajstić information content (AvgIpc) is 3.38. The SMILES string of the molecule is CCC1(c2ccc(Cl)cc2)NC(=O)N(CC(=O)NCc2ccc(-c3ccc(Cl)cc3)o2)C1=O. The molecule has 1 unspecified atom stereocenters. The molecule has 1 aliphatic heterocycles. The lowest BCUT2D eigenvalue weighted by Crippen LogP contribution is -2.44. The summed E-state index contributed by atoms with van der Waals surface area (Å²) >= 11 is 11.9. The van der Waals surface area contributed by atoms with Crippen LogP contribution in [0.2, 0.25) is 10.0 Å². The van der Waals surface area contributed by atoms with Crippen LogP contribution in [-0.2, 0) is 21.7 Å². The van der Waals surface area contributed by atoms with Gasteiger partial charge >= 0.3 is 6.03 Å². The van der Waals surface area contributed by atoms with Gasteiger partial charge in [-0.25, -0.2) is 4.79 Å². The van der Waals surface area contributed by atoms with Gasteiger partial charge in [0.05, 0.1) is 6.54 Å². The fourth-order valence-corrected chi connectivity index (χ4v) is 4.02. The molecule has 0 spiro atoms. The van der Waals surface area contributed by atoms with Gasteiger partial charge in [-0.15, -0.1) is 0 Å². The molecule has 3 aromatic rings. The van der Waals surface area contributed by atoms with Crippen molar-refractivity contribution in [1.82, 2.24) is 15.5 Å². The number of nitrogens with one attached hydrogen (secondary N) is 2. The van der Waals surface area contributed by atoms with E-state index in [-0.39, 0.29) is 6.54 Å². The molecule has 0 saturated carbocycles. The molecule has 1 aromatic heterocycles. The molecule has 4 rings (SSSR count). The maximum Gasteiger partial charge on any atom is 0.325 e. The Bertz CT molecular complexity index is 1190. The Kier molecular flexibility index (Phi) is 6.44. The third-order valence-electron chi connectivity index (χ3n) is 5.59. The second-order valence-corrected chi connectivity index (χ2v) is 8.51. The molecule has 2 heterocycles. The van der Waals surface area contributed by atoms with Crippen LogP contribution in [0.5, 0.6) is 0 Å². The van der Waals surface area contributed by atoms with Gasteiger partial charge in [0.25, 0.3) is 5.91 Å². The van der Waals surface area contributed by atoms with E-state index in [9.17, 15) is 14.4 Å². The first kappa shape index (κ1) is 22.9. The molecule has 1 fully saturated rings. The standard InChI is InChI=1S/C24H21Cl2N3O4/c1-2-24(16-5-9-18(26)10-6-16)22(31)29(23(32)28-24)14-21(30)27-13-19-11-12-20(33-19)15-3-7-17(25)8-4-15/h3-12H,2,13-14H2,1H3,(H,27,30)(H,28,32). The number of urea groups is 1. The molecular weight excluding hydrogens is 465 g/mol. The van der Waals surface area contributed by atoms with Crippen molar-refractivity contribution in [2.45, 2.75) is 25.4 Å². The van der Waals surface area contributed by atoms with E-state index in [1.807, 2.05) is 12.1 Å². The largest absolute Gasteiger partial charge is 0.459 e. The number of hydrogen-bond acceptors (Lipinski definition) is 4. The molecule has 1 atom stereocenters. The maximum atomic E-state index is 13.1. The molecule has 7 nitrogen and oxygen atoms in total. The van der Waals surface area contributed by atoms with Crippen LogP contribution in [0.25, 0.3) is 11.3 Å². The number of halogens is 2. The van der Waals surface area contributed by atoms with E-state index >= 15 is 0 Å². The zero-order valence-corrected chi connectivity index (χ0v) is 19.2. The van der Waals surface area contributed by atoms with Crippen molar-refractivity contribution < 1.29 is 18.8 Å². The highest BCUT2D eigenvalue weighted by molar-refractivity contribution is 6.30. The van der Waals surface area contributed by atoms with Crippen molar-refractivity contribution in [2.24, 2.45) is 0 Å². The molecule has 9 heteroatoms. The molecular formula is C24H21Cl2N3O4. The lowest BCUT2D eigenvalue weighted by molar-refractivity contribution is -0.135. The van der Waals surface area contributed by atoms with Gasteiger partial charge in [0, 0.05) is 15.6 Å². The Labute approximate surface area is 200 Å². The van der Waals surface area contributed by atoms with Crippen LogP contribution in [0, 0.1) is 0 Å². The summed E-state index contributed by atoms with van der Waals surface area (Å²) in [6.07, 6.45) is 0.331. The zero-order valence-electron chi connectivity index (χ0n) is 17.7. The summed E-state index contributed by atoms with van der Waals surface area (Å²) in [4.78, 5) is 39.1. The van der Waals surface area contributed by atoms with Gasteiger partial charge < -0.3 is 15.1 Å². The first-order valence-electron chi connectivity index (χ1n) is 10.3. The summed E-state index contributed by atoms with van der Waals surface area (Å²) < 4.78 is 5.76. The predicted octanol–water partition coefficient (Wildman–Crippen LogP) is 4.73. The van der Waals surface area contributed by atoms with E-state index in [0.29, 0.717) is 33.6 Å². The second kappa shape index (κ2) is 9.29. The Morgan fingerprint density at radius 1 is 1.00 bits per heavy atom.